The molecule has 2 rings (SSSR count). The van der Waals surface area contributed by atoms with Crippen molar-refractivity contribution < 1.29 is 23.9 Å². The van der Waals surface area contributed by atoms with Gasteiger partial charge in [-0.1, -0.05) is 18.2 Å². The number of ether oxygens (including phenoxy) is 1. The van der Waals surface area contributed by atoms with Crippen molar-refractivity contribution >= 4 is 17.8 Å². The van der Waals surface area contributed by atoms with Crippen LogP contribution in [0, 0.1) is 5.21 Å². The summed E-state index contributed by atoms with van der Waals surface area (Å²) in [5, 5.41) is 10.8. The van der Waals surface area contributed by atoms with Gasteiger partial charge < -0.3 is 9.94 Å². The first-order chi connectivity index (χ1) is 11.1. The Hall–Kier alpha value is -3.42. The van der Waals surface area contributed by atoms with Crippen LogP contribution in [0.5, 0.6) is 0 Å². The van der Waals surface area contributed by atoms with Gasteiger partial charge in [0.15, 0.2) is 19.0 Å². The van der Waals surface area contributed by atoms with E-state index in [0.717, 1.165) is 12.4 Å². The van der Waals surface area contributed by atoms with Crippen molar-refractivity contribution in [3.8, 4) is 0 Å². The predicted molar refractivity (Wildman–Crippen MR) is 77.7 cm³/mol. The van der Waals surface area contributed by atoms with Crippen LogP contribution < -0.4 is 15.6 Å². The maximum atomic E-state index is 11.7. The van der Waals surface area contributed by atoms with Gasteiger partial charge in [0.1, 0.15) is 0 Å². The Kier molecular flexibility index (Phi) is 5.24. The van der Waals surface area contributed by atoms with Gasteiger partial charge >= 0.3 is 5.97 Å². The van der Waals surface area contributed by atoms with Crippen LogP contribution in [0.1, 0.15) is 20.7 Å². The lowest BCUT2D eigenvalue weighted by Crippen LogP contribution is -2.43. The van der Waals surface area contributed by atoms with E-state index in [4.69, 9.17) is 4.74 Å². The van der Waals surface area contributed by atoms with E-state index in [1.54, 1.807) is 30.3 Å². The third-order valence-electron chi connectivity index (χ3n) is 2.72. The zero-order chi connectivity index (χ0) is 16.7. The molecule has 0 saturated carbocycles. The van der Waals surface area contributed by atoms with Gasteiger partial charge in [-0.25, -0.2) is 4.79 Å². The SMILES string of the molecule is O=C(COC(=O)c1cc[n+]([O-])cc1)NNC(=O)c1ccccc1. The Morgan fingerprint density at radius 1 is 0.957 bits per heavy atom. The van der Waals surface area contributed by atoms with E-state index in [9.17, 15) is 19.6 Å². The van der Waals surface area contributed by atoms with E-state index in [2.05, 4.69) is 10.9 Å². The Balaban J connectivity index is 1.76. The van der Waals surface area contributed by atoms with Crippen LogP contribution in [0.25, 0.3) is 0 Å². The highest BCUT2D eigenvalue weighted by Gasteiger charge is 2.12. The second kappa shape index (κ2) is 7.55. The van der Waals surface area contributed by atoms with Crippen LogP contribution in [-0.2, 0) is 9.53 Å². The molecule has 0 spiro atoms. The van der Waals surface area contributed by atoms with E-state index in [-0.39, 0.29) is 5.56 Å². The van der Waals surface area contributed by atoms with Crippen molar-refractivity contribution in [1.29, 1.82) is 0 Å². The predicted octanol–water partition coefficient (Wildman–Crippen LogP) is -0.0620. The molecule has 23 heavy (non-hydrogen) atoms. The molecule has 8 nitrogen and oxygen atoms in total. The highest BCUT2D eigenvalue weighted by Crippen LogP contribution is 1.98. The normalized spacial score (nSPS) is 9.74. The summed E-state index contributed by atoms with van der Waals surface area (Å²) in [5.41, 5.74) is 4.83. The van der Waals surface area contributed by atoms with Crippen LogP contribution >= 0.6 is 0 Å². The average Bonchev–Trinajstić information content (AvgIpc) is 2.59. The van der Waals surface area contributed by atoms with Crippen LogP contribution in [0.2, 0.25) is 0 Å². The van der Waals surface area contributed by atoms with E-state index < -0.39 is 24.4 Å². The number of carbonyl (C=O) groups is 3. The summed E-state index contributed by atoms with van der Waals surface area (Å²) in [6.45, 7) is -0.569. The number of hydrazine groups is 1. The van der Waals surface area contributed by atoms with E-state index >= 15 is 0 Å². The number of rotatable bonds is 4. The molecule has 118 valence electrons. The summed E-state index contributed by atoms with van der Waals surface area (Å²) in [6, 6.07) is 10.8. The standard InChI is InChI=1S/C15H13N3O5/c19-13(16-17-14(20)11-4-2-1-3-5-11)10-23-15(21)12-6-8-18(22)9-7-12/h1-9H,10H2,(H,16,19)(H,17,20). The lowest BCUT2D eigenvalue weighted by atomic mass is 10.2. The minimum atomic E-state index is -0.755. The summed E-state index contributed by atoms with van der Waals surface area (Å²) in [5.74, 6) is -1.94. The second-order valence-electron chi connectivity index (χ2n) is 4.39. The van der Waals surface area contributed by atoms with Gasteiger partial charge in [-0.05, 0) is 12.1 Å². The van der Waals surface area contributed by atoms with Gasteiger partial charge in [-0.3, -0.25) is 20.4 Å². The molecule has 2 N–H and O–H groups in total. The number of benzene rings is 1. The summed E-state index contributed by atoms with van der Waals surface area (Å²) in [6.07, 6.45) is 2.27. The lowest BCUT2D eigenvalue weighted by Gasteiger charge is -2.08. The van der Waals surface area contributed by atoms with Gasteiger partial charge in [-0.15, -0.1) is 0 Å². The third-order valence-corrected chi connectivity index (χ3v) is 2.72. The first kappa shape index (κ1) is 16.0. The number of nitrogens with zero attached hydrogens (tertiary/aromatic N) is 1. The maximum absolute atomic E-state index is 11.7. The first-order valence-electron chi connectivity index (χ1n) is 6.56. The Morgan fingerprint density at radius 2 is 1.61 bits per heavy atom. The largest absolute Gasteiger partial charge is 0.619 e. The highest BCUT2D eigenvalue weighted by molar-refractivity contribution is 5.96. The van der Waals surface area contributed by atoms with Crippen LogP contribution in [0.15, 0.2) is 54.9 Å². The molecule has 0 aliphatic rings. The fraction of sp³-hybridized carbons (Fsp3) is 0.0667. The average molecular weight is 315 g/mol. The number of carbonyl (C=O) groups excluding carboxylic acids is 3. The molecular formula is C15H13N3O5. The minimum absolute atomic E-state index is 0.137. The van der Waals surface area contributed by atoms with E-state index in [1.807, 2.05) is 0 Å². The monoisotopic (exact) mass is 315 g/mol. The molecule has 0 radical (unpaired) electrons. The quantitative estimate of drug-likeness (QED) is 0.355. The fourth-order valence-corrected chi connectivity index (χ4v) is 1.59. The molecular weight excluding hydrogens is 302 g/mol. The molecule has 0 saturated heterocycles. The molecule has 2 amide bonds. The molecule has 0 atom stereocenters. The Morgan fingerprint density at radius 3 is 2.26 bits per heavy atom. The number of aromatic nitrogens is 1. The number of hydrogen-bond acceptors (Lipinski definition) is 5. The minimum Gasteiger partial charge on any atom is -0.619 e. The van der Waals surface area contributed by atoms with Crippen molar-refractivity contribution in [3.05, 3.63) is 71.2 Å². The van der Waals surface area contributed by atoms with Crippen molar-refractivity contribution in [2.75, 3.05) is 6.61 Å². The van der Waals surface area contributed by atoms with Crippen molar-refractivity contribution in [2.45, 2.75) is 0 Å². The fourth-order valence-electron chi connectivity index (χ4n) is 1.59. The summed E-state index contributed by atoms with van der Waals surface area (Å²) >= 11 is 0. The number of amides is 2. The van der Waals surface area contributed by atoms with Gasteiger partial charge in [0, 0.05) is 17.7 Å². The van der Waals surface area contributed by atoms with Gasteiger partial charge in [0.05, 0.1) is 5.56 Å². The van der Waals surface area contributed by atoms with Crippen LogP contribution in [0.3, 0.4) is 0 Å². The second-order valence-corrected chi connectivity index (χ2v) is 4.39. The third kappa shape index (κ3) is 4.81. The molecule has 0 unspecified atom stereocenters. The van der Waals surface area contributed by atoms with Crippen molar-refractivity contribution in [1.82, 2.24) is 10.9 Å². The Labute approximate surface area is 131 Å². The van der Waals surface area contributed by atoms with Crippen molar-refractivity contribution in [3.63, 3.8) is 0 Å². The molecule has 0 aliphatic heterocycles. The van der Waals surface area contributed by atoms with Gasteiger partial charge in [0.2, 0.25) is 0 Å². The molecule has 0 bridgehead atoms. The molecule has 1 aromatic carbocycles. The zero-order valence-corrected chi connectivity index (χ0v) is 11.9. The van der Waals surface area contributed by atoms with Gasteiger partial charge in [-0.2, -0.15) is 4.73 Å². The van der Waals surface area contributed by atoms with E-state index in [0.29, 0.717) is 10.3 Å². The maximum Gasteiger partial charge on any atom is 0.339 e. The molecule has 8 heteroatoms. The summed E-state index contributed by atoms with van der Waals surface area (Å²) in [4.78, 5) is 34.8. The number of nitrogens with one attached hydrogen (secondary N) is 2. The first-order valence-corrected chi connectivity index (χ1v) is 6.56. The highest BCUT2D eigenvalue weighted by atomic mass is 16.5. The smallest absolute Gasteiger partial charge is 0.339 e. The molecule has 0 fully saturated rings. The van der Waals surface area contributed by atoms with Crippen molar-refractivity contribution in [2.24, 2.45) is 0 Å². The Bertz CT molecular complexity index is 701. The van der Waals surface area contributed by atoms with Gasteiger partial charge in [0.25, 0.3) is 11.8 Å². The topological polar surface area (TPSA) is 111 Å². The summed E-state index contributed by atoms with van der Waals surface area (Å²) in [7, 11) is 0. The zero-order valence-electron chi connectivity index (χ0n) is 11.9. The lowest BCUT2D eigenvalue weighted by molar-refractivity contribution is -0.605. The number of pyridine rings is 1. The molecule has 1 heterocycles. The van der Waals surface area contributed by atoms with Crippen LogP contribution in [0.4, 0.5) is 0 Å². The molecule has 2 aromatic rings. The van der Waals surface area contributed by atoms with E-state index in [1.165, 1.54) is 12.1 Å². The molecule has 1 aromatic heterocycles. The molecule has 0 aliphatic carbocycles. The van der Waals surface area contributed by atoms with Crippen LogP contribution in [-0.4, -0.2) is 24.4 Å². The number of esters is 1. The number of hydrogen-bond donors (Lipinski definition) is 2. The summed E-state index contributed by atoms with van der Waals surface area (Å²) < 4.78 is 5.27.